The van der Waals surface area contributed by atoms with Crippen molar-refractivity contribution in [2.45, 2.75) is 58.3 Å². The number of carbonyl (C=O) groups is 1. The largest absolute Gasteiger partial charge is 0.342 e. The van der Waals surface area contributed by atoms with Crippen molar-refractivity contribution >= 4 is 5.91 Å². The van der Waals surface area contributed by atoms with Crippen molar-refractivity contribution < 1.29 is 4.79 Å². The first-order valence-electron chi connectivity index (χ1n) is 7.48. The number of hydrogen-bond donors (Lipinski definition) is 0. The summed E-state index contributed by atoms with van der Waals surface area (Å²) in [5.74, 6) is 2.14. The SMILES string of the molecule is CC1(C(=O)N2CC3CCCCC3C2)CCCC1. The third-order valence-electron chi connectivity index (χ3n) is 5.49. The maximum Gasteiger partial charge on any atom is 0.228 e. The standard InChI is InChI=1S/C15H25NO/c1-15(8-4-5-9-15)14(17)16-10-12-6-2-3-7-13(12)11-16/h12-13H,2-11H2,1H3. The zero-order chi connectivity index (χ0) is 11.9. The molecule has 2 nitrogen and oxygen atoms in total. The molecule has 0 aromatic heterocycles. The molecule has 0 spiro atoms. The summed E-state index contributed by atoms with van der Waals surface area (Å²) in [5, 5.41) is 0. The van der Waals surface area contributed by atoms with Crippen LogP contribution in [0.1, 0.15) is 58.3 Å². The summed E-state index contributed by atoms with van der Waals surface area (Å²) >= 11 is 0. The molecule has 2 unspecified atom stereocenters. The van der Waals surface area contributed by atoms with E-state index in [0.29, 0.717) is 5.91 Å². The summed E-state index contributed by atoms with van der Waals surface area (Å²) in [6.07, 6.45) is 10.3. The molecule has 2 heteroatoms. The molecule has 3 rings (SSSR count). The van der Waals surface area contributed by atoms with Gasteiger partial charge in [-0.1, -0.05) is 32.6 Å². The Balaban J connectivity index is 1.67. The number of carbonyl (C=O) groups excluding carboxylic acids is 1. The summed E-state index contributed by atoms with van der Waals surface area (Å²) in [7, 11) is 0. The molecule has 1 aliphatic heterocycles. The van der Waals surface area contributed by atoms with E-state index in [-0.39, 0.29) is 5.41 Å². The average molecular weight is 235 g/mol. The maximum absolute atomic E-state index is 12.6. The number of likely N-dealkylation sites (tertiary alicyclic amines) is 1. The topological polar surface area (TPSA) is 20.3 Å². The lowest BCUT2D eigenvalue weighted by molar-refractivity contribution is -0.140. The second kappa shape index (κ2) is 4.29. The first kappa shape index (κ1) is 11.6. The van der Waals surface area contributed by atoms with Gasteiger partial charge in [0.2, 0.25) is 5.91 Å². The molecule has 2 atom stereocenters. The lowest BCUT2D eigenvalue weighted by atomic mass is 9.82. The van der Waals surface area contributed by atoms with Crippen molar-refractivity contribution in [3.8, 4) is 0 Å². The fourth-order valence-electron chi connectivity index (χ4n) is 4.32. The molecule has 3 fully saturated rings. The normalized spacial score (nSPS) is 35.9. The van der Waals surface area contributed by atoms with Gasteiger partial charge in [0.25, 0.3) is 0 Å². The highest BCUT2D eigenvalue weighted by Gasteiger charge is 2.43. The third-order valence-corrected chi connectivity index (χ3v) is 5.49. The summed E-state index contributed by atoms with van der Waals surface area (Å²) in [6, 6.07) is 0. The zero-order valence-electron chi connectivity index (χ0n) is 11.1. The van der Waals surface area contributed by atoms with E-state index in [4.69, 9.17) is 0 Å². The molecule has 1 saturated heterocycles. The number of amides is 1. The smallest absolute Gasteiger partial charge is 0.228 e. The highest BCUT2D eigenvalue weighted by Crippen LogP contribution is 2.42. The van der Waals surface area contributed by atoms with E-state index in [1.54, 1.807) is 0 Å². The first-order chi connectivity index (χ1) is 8.19. The molecule has 2 saturated carbocycles. The second-order valence-corrected chi connectivity index (χ2v) is 6.78. The van der Waals surface area contributed by atoms with Crippen LogP contribution in [0, 0.1) is 17.3 Å². The lowest BCUT2D eigenvalue weighted by Gasteiger charge is -2.28. The van der Waals surface area contributed by atoms with E-state index in [1.807, 2.05) is 0 Å². The average Bonchev–Trinajstić information content (AvgIpc) is 2.94. The van der Waals surface area contributed by atoms with Crippen LogP contribution in [-0.2, 0) is 4.79 Å². The molecule has 0 radical (unpaired) electrons. The molecule has 96 valence electrons. The van der Waals surface area contributed by atoms with Gasteiger partial charge >= 0.3 is 0 Å². The van der Waals surface area contributed by atoms with Gasteiger partial charge in [0.15, 0.2) is 0 Å². The second-order valence-electron chi connectivity index (χ2n) is 6.78. The van der Waals surface area contributed by atoms with E-state index in [1.165, 1.54) is 38.5 Å². The fraction of sp³-hybridized carbons (Fsp3) is 0.933. The van der Waals surface area contributed by atoms with Crippen molar-refractivity contribution in [1.82, 2.24) is 4.90 Å². The molecule has 1 heterocycles. The quantitative estimate of drug-likeness (QED) is 0.683. The Hall–Kier alpha value is -0.530. The minimum Gasteiger partial charge on any atom is -0.342 e. The van der Waals surface area contributed by atoms with E-state index in [0.717, 1.165) is 37.8 Å². The Kier molecular flexibility index (Phi) is 2.92. The van der Waals surface area contributed by atoms with Crippen LogP contribution >= 0.6 is 0 Å². The van der Waals surface area contributed by atoms with Crippen molar-refractivity contribution in [3.05, 3.63) is 0 Å². The van der Waals surface area contributed by atoms with Crippen LogP contribution in [0.3, 0.4) is 0 Å². The van der Waals surface area contributed by atoms with Gasteiger partial charge < -0.3 is 4.90 Å². The zero-order valence-corrected chi connectivity index (χ0v) is 11.1. The fourth-order valence-corrected chi connectivity index (χ4v) is 4.32. The van der Waals surface area contributed by atoms with Crippen molar-refractivity contribution in [2.75, 3.05) is 13.1 Å². The van der Waals surface area contributed by atoms with Crippen LogP contribution in [0.25, 0.3) is 0 Å². The van der Waals surface area contributed by atoms with Gasteiger partial charge in [0.1, 0.15) is 0 Å². The number of rotatable bonds is 1. The van der Waals surface area contributed by atoms with Crippen LogP contribution in [0.5, 0.6) is 0 Å². The van der Waals surface area contributed by atoms with E-state index >= 15 is 0 Å². The van der Waals surface area contributed by atoms with Crippen LogP contribution in [-0.4, -0.2) is 23.9 Å². The summed E-state index contributed by atoms with van der Waals surface area (Å²) < 4.78 is 0. The number of hydrogen-bond acceptors (Lipinski definition) is 1. The summed E-state index contributed by atoms with van der Waals surface area (Å²) in [4.78, 5) is 14.9. The number of fused-ring (bicyclic) bond motifs is 1. The monoisotopic (exact) mass is 235 g/mol. The molecular formula is C15H25NO. The van der Waals surface area contributed by atoms with Gasteiger partial charge in [0.05, 0.1) is 0 Å². The Morgan fingerprint density at radius 1 is 1.00 bits per heavy atom. The molecule has 0 bridgehead atoms. The molecule has 0 N–H and O–H groups in total. The minimum absolute atomic E-state index is 0.00645. The first-order valence-corrected chi connectivity index (χ1v) is 7.48. The predicted molar refractivity (Wildman–Crippen MR) is 68.6 cm³/mol. The van der Waals surface area contributed by atoms with E-state index in [2.05, 4.69) is 11.8 Å². The van der Waals surface area contributed by atoms with E-state index in [9.17, 15) is 4.79 Å². The van der Waals surface area contributed by atoms with Gasteiger partial charge in [-0.15, -0.1) is 0 Å². The van der Waals surface area contributed by atoms with Gasteiger partial charge in [-0.3, -0.25) is 4.79 Å². The number of nitrogens with zero attached hydrogens (tertiary/aromatic N) is 1. The van der Waals surface area contributed by atoms with Crippen LogP contribution in [0.4, 0.5) is 0 Å². The highest BCUT2D eigenvalue weighted by atomic mass is 16.2. The summed E-state index contributed by atoms with van der Waals surface area (Å²) in [6.45, 7) is 4.34. The van der Waals surface area contributed by atoms with Crippen molar-refractivity contribution in [1.29, 1.82) is 0 Å². The van der Waals surface area contributed by atoms with Gasteiger partial charge in [-0.25, -0.2) is 0 Å². The Morgan fingerprint density at radius 3 is 2.06 bits per heavy atom. The van der Waals surface area contributed by atoms with E-state index < -0.39 is 0 Å². The highest BCUT2D eigenvalue weighted by molar-refractivity contribution is 5.83. The van der Waals surface area contributed by atoms with Crippen LogP contribution in [0.15, 0.2) is 0 Å². The molecule has 3 aliphatic rings. The molecule has 2 aliphatic carbocycles. The molecule has 17 heavy (non-hydrogen) atoms. The molecule has 1 amide bonds. The predicted octanol–water partition coefficient (Wildman–Crippen LogP) is 3.22. The Labute approximate surface area is 105 Å². The molecule has 0 aromatic rings. The van der Waals surface area contributed by atoms with Gasteiger partial charge in [0, 0.05) is 18.5 Å². The molecule has 0 aromatic carbocycles. The van der Waals surface area contributed by atoms with Gasteiger partial charge in [-0.05, 0) is 37.5 Å². The third kappa shape index (κ3) is 2.00. The van der Waals surface area contributed by atoms with Crippen molar-refractivity contribution in [2.24, 2.45) is 17.3 Å². The minimum atomic E-state index is -0.00645. The summed E-state index contributed by atoms with van der Waals surface area (Å²) in [5.41, 5.74) is -0.00645. The molecular weight excluding hydrogens is 210 g/mol. The van der Waals surface area contributed by atoms with Crippen molar-refractivity contribution in [3.63, 3.8) is 0 Å². The van der Waals surface area contributed by atoms with Crippen LogP contribution < -0.4 is 0 Å². The maximum atomic E-state index is 12.6. The Bertz CT molecular complexity index is 292. The van der Waals surface area contributed by atoms with Gasteiger partial charge in [-0.2, -0.15) is 0 Å². The Morgan fingerprint density at radius 2 is 1.53 bits per heavy atom. The lowest BCUT2D eigenvalue weighted by Crippen LogP contribution is -2.40. The van der Waals surface area contributed by atoms with Crippen LogP contribution in [0.2, 0.25) is 0 Å².